The Morgan fingerprint density at radius 3 is 2.55 bits per heavy atom. The fourth-order valence-electron chi connectivity index (χ4n) is 2.29. The minimum absolute atomic E-state index is 0.00981. The number of aliphatic hydroxyl groups excluding tert-OH is 1. The molecule has 1 unspecified atom stereocenters. The highest BCUT2D eigenvalue weighted by Gasteiger charge is 2.18. The van der Waals surface area contributed by atoms with Gasteiger partial charge in [-0.3, -0.25) is 4.79 Å². The van der Waals surface area contributed by atoms with Crippen molar-refractivity contribution in [3.8, 4) is 0 Å². The van der Waals surface area contributed by atoms with E-state index in [1.807, 2.05) is 30.3 Å². The molecule has 0 aliphatic carbocycles. The molecule has 0 heterocycles. The number of carbonyl (C=O) groups excluding carboxylic acids is 1. The summed E-state index contributed by atoms with van der Waals surface area (Å²) in [5.74, 6) is -1.24. The van der Waals surface area contributed by atoms with Crippen LogP contribution < -0.4 is 5.32 Å². The third-order valence-corrected chi connectivity index (χ3v) is 3.76. The molecule has 0 aromatic heterocycles. The van der Waals surface area contributed by atoms with Gasteiger partial charge in [0.25, 0.3) is 5.91 Å². The number of aliphatic hydroxyl groups is 1. The molecular weight excluding hydrogens is 305 g/mol. The highest BCUT2D eigenvalue weighted by Crippen LogP contribution is 2.21. The van der Waals surface area contributed by atoms with Crippen molar-refractivity contribution in [1.82, 2.24) is 5.32 Å². The Hall–Kier alpha value is -1.91. The molecule has 0 radical (unpaired) electrons. The van der Waals surface area contributed by atoms with E-state index in [0.717, 1.165) is 5.56 Å². The molecule has 1 amide bonds. The number of benzene rings is 2. The molecule has 3 nitrogen and oxygen atoms in total. The van der Waals surface area contributed by atoms with Crippen LogP contribution in [0, 0.1) is 5.82 Å². The van der Waals surface area contributed by atoms with Gasteiger partial charge in [-0.1, -0.05) is 48.0 Å². The second-order valence-corrected chi connectivity index (χ2v) is 5.33. The number of hydrogen-bond donors (Lipinski definition) is 2. The van der Waals surface area contributed by atoms with Crippen LogP contribution in [0.15, 0.2) is 48.5 Å². The van der Waals surface area contributed by atoms with Crippen LogP contribution in [0.4, 0.5) is 4.39 Å². The average Bonchev–Trinajstić information content (AvgIpc) is 2.52. The molecule has 0 saturated heterocycles. The summed E-state index contributed by atoms with van der Waals surface area (Å²) in [5, 5.41) is 11.9. The largest absolute Gasteiger partial charge is 0.396 e. The van der Waals surface area contributed by atoms with Gasteiger partial charge in [0.2, 0.25) is 0 Å². The quantitative estimate of drug-likeness (QED) is 0.857. The molecule has 2 N–H and O–H groups in total. The van der Waals surface area contributed by atoms with Crippen molar-refractivity contribution in [2.24, 2.45) is 0 Å². The van der Waals surface area contributed by atoms with E-state index < -0.39 is 11.7 Å². The maximum Gasteiger partial charge on any atom is 0.255 e. The predicted octanol–water partition coefficient (Wildman–Crippen LogP) is 3.38. The lowest BCUT2D eigenvalue weighted by Crippen LogP contribution is -2.29. The van der Waals surface area contributed by atoms with Crippen LogP contribution in [0.1, 0.15) is 28.3 Å². The summed E-state index contributed by atoms with van der Waals surface area (Å²) in [6.07, 6.45) is 0.509. The zero-order chi connectivity index (χ0) is 15.9. The van der Waals surface area contributed by atoms with Crippen molar-refractivity contribution in [1.29, 1.82) is 0 Å². The van der Waals surface area contributed by atoms with Crippen molar-refractivity contribution in [2.75, 3.05) is 13.2 Å². The minimum Gasteiger partial charge on any atom is -0.396 e. The molecule has 0 aliphatic rings. The summed E-state index contributed by atoms with van der Waals surface area (Å²) in [4.78, 5) is 12.1. The number of nitrogens with one attached hydrogen (secondary N) is 1. The number of halogens is 2. The van der Waals surface area contributed by atoms with E-state index in [2.05, 4.69) is 5.32 Å². The van der Waals surface area contributed by atoms with Crippen molar-refractivity contribution in [2.45, 2.75) is 12.3 Å². The fraction of sp³-hybridized carbons (Fsp3) is 0.235. The maximum absolute atomic E-state index is 13.7. The third-order valence-electron chi connectivity index (χ3n) is 3.45. The summed E-state index contributed by atoms with van der Waals surface area (Å²) >= 11 is 5.88. The Morgan fingerprint density at radius 1 is 1.18 bits per heavy atom. The Labute approximate surface area is 133 Å². The normalized spacial score (nSPS) is 12.0. The van der Waals surface area contributed by atoms with Crippen LogP contribution in [0.3, 0.4) is 0 Å². The molecule has 116 valence electrons. The lowest BCUT2D eigenvalue weighted by Gasteiger charge is -2.17. The van der Waals surface area contributed by atoms with Gasteiger partial charge in [-0.05, 0) is 24.1 Å². The molecule has 0 bridgehead atoms. The highest BCUT2D eigenvalue weighted by molar-refractivity contribution is 6.33. The fourth-order valence-corrected chi connectivity index (χ4v) is 2.54. The Balaban J connectivity index is 2.08. The first-order chi connectivity index (χ1) is 10.6. The van der Waals surface area contributed by atoms with E-state index in [4.69, 9.17) is 11.6 Å². The molecule has 0 saturated carbocycles. The number of rotatable bonds is 6. The van der Waals surface area contributed by atoms with Gasteiger partial charge < -0.3 is 10.4 Å². The molecule has 2 aromatic carbocycles. The van der Waals surface area contributed by atoms with Gasteiger partial charge in [0.05, 0.1) is 10.6 Å². The van der Waals surface area contributed by atoms with Crippen molar-refractivity contribution < 1.29 is 14.3 Å². The molecule has 0 fully saturated rings. The van der Waals surface area contributed by atoms with E-state index in [0.29, 0.717) is 13.0 Å². The van der Waals surface area contributed by atoms with Crippen LogP contribution in [-0.2, 0) is 0 Å². The highest BCUT2D eigenvalue weighted by atomic mass is 35.5. The summed E-state index contributed by atoms with van der Waals surface area (Å²) in [5.41, 5.74) is 0.858. The molecule has 2 rings (SSSR count). The molecule has 5 heteroatoms. The van der Waals surface area contributed by atoms with Crippen LogP contribution in [0.25, 0.3) is 0 Å². The maximum atomic E-state index is 13.7. The topological polar surface area (TPSA) is 49.3 Å². The lowest BCUT2D eigenvalue weighted by atomic mass is 9.96. The summed E-state index contributed by atoms with van der Waals surface area (Å²) in [6.45, 7) is 0.309. The second-order valence-electron chi connectivity index (χ2n) is 4.93. The van der Waals surface area contributed by atoms with Gasteiger partial charge in [0, 0.05) is 19.1 Å². The van der Waals surface area contributed by atoms with E-state index in [9.17, 15) is 14.3 Å². The van der Waals surface area contributed by atoms with Crippen LogP contribution in [-0.4, -0.2) is 24.2 Å². The molecule has 0 aliphatic heterocycles. The van der Waals surface area contributed by atoms with Crippen molar-refractivity contribution in [3.05, 3.63) is 70.5 Å². The summed E-state index contributed by atoms with van der Waals surface area (Å²) in [7, 11) is 0. The zero-order valence-electron chi connectivity index (χ0n) is 11.9. The van der Waals surface area contributed by atoms with Crippen molar-refractivity contribution in [3.63, 3.8) is 0 Å². The first-order valence-corrected chi connectivity index (χ1v) is 7.39. The van der Waals surface area contributed by atoms with Crippen LogP contribution in [0.5, 0.6) is 0 Å². The van der Waals surface area contributed by atoms with Crippen LogP contribution in [0.2, 0.25) is 5.02 Å². The Morgan fingerprint density at radius 2 is 1.91 bits per heavy atom. The molecule has 2 aromatic rings. The van der Waals surface area contributed by atoms with Crippen molar-refractivity contribution >= 4 is 17.5 Å². The van der Waals surface area contributed by atoms with E-state index in [1.54, 1.807) is 0 Å². The van der Waals surface area contributed by atoms with Crippen LogP contribution >= 0.6 is 11.6 Å². The molecule has 1 atom stereocenters. The van der Waals surface area contributed by atoms with Gasteiger partial charge in [-0.15, -0.1) is 0 Å². The van der Waals surface area contributed by atoms with Gasteiger partial charge in [-0.2, -0.15) is 0 Å². The first kappa shape index (κ1) is 16.5. The monoisotopic (exact) mass is 321 g/mol. The lowest BCUT2D eigenvalue weighted by molar-refractivity contribution is 0.0945. The summed E-state index contributed by atoms with van der Waals surface area (Å²) in [6, 6.07) is 13.7. The van der Waals surface area contributed by atoms with E-state index in [1.165, 1.54) is 18.2 Å². The smallest absolute Gasteiger partial charge is 0.255 e. The standard InChI is InChI=1S/C17H17ClFNO2/c18-14-7-4-8-15(19)16(14)17(22)20-11-13(9-10-21)12-5-2-1-3-6-12/h1-8,13,21H,9-11H2,(H,20,22). The molecule has 22 heavy (non-hydrogen) atoms. The summed E-state index contributed by atoms with van der Waals surface area (Å²) < 4.78 is 13.7. The second kappa shape index (κ2) is 7.92. The van der Waals surface area contributed by atoms with Gasteiger partial charge in [0.15, 0.2) is 0 Å². The van der Waals surface area contributed by atoms with Gasteiger partial charge in [-0.25, -0.2) is 4.39 Å². The van der Waals surface area contributed by atoms with Gasteiger partial charge in [0.1, 0.15) is 5.82 Å². The minimum atomic E-state index is -0.650. The average molecular weight is 322 g/mol. The predicted molar refractivity (Wildman–Crippen MR) is 84.6 cm³/mol. The zero-order valence-corrected chi connectivity index (χ0v) is 12.7. The number of hydrogen-bond acceptors (Lipinski definition) is 2. The molecule has 0 spiro atoms. The number of carbonyl (C=O) groups is 1. The number of amides is 1. The van der Waals surface area contributed by atoms with E-state index >= 15 is 0 Å². The molecular formula is C17H17ClFNO2. The Kier molecular flexibility index (Phi) is 5.92. The SMILES string of the molecule is O=C(NCC(CCO)c1ccccc1)c1c(F)cccc1Cl. The first-order valence-electron chi connectivity index (χ1n) is 7.01. The van der Waals surface area contributed by atoms with Gasteiger partial charge >= 0.3 is 0 Å². The van der Waals surface area contributed by atoms with E-state index in [-0.39, 0.29) is 23.1 Å². The third kappa shape index (κ3) is 4.06. The Bertz CT molecular complexity index is 614.